The Balaban J connectivity index is 1.64. The molecule has 3 aromatic rings. The van der Waals surface area contributed by atoms with Crippen LogP contribution in [0.5, 0.6) is 11.6 Å². The van der Waals surface area contributed by atoms with E-state index in [0.717, 1.165) is 18.3 Å². The average molecular weight is 366 g/mol. The lowest BCUT2D eigenvalue weighted by Crippen LogP contribution is -2.27. The van der Waals surface area contributed by atoms with E-state index in [0.29, 0.717) is 16.1 Å². The number of hydrogen-bond acceptors (Lipinski definition) is 5. The number of nitrogens with one attached hydrogen (secondary N) is 2. The van der Waals surface area contributed by atoms with Crippen molar-refractivity contribution in [3.05, 3.63) is 88.2 Å². The number of para-hydroxylation sites is 1. The lowest BCUT2D eigenvalue weighted by molar-refractivity contribution is -0.611. The molecule has 2 amide bonds. The SMILES string of the molecule is O=C(Nc1ccccc1)Nc1ccc(Oc2cc([N+](=O)[O-])cc[n+]2[O-])cc1. The number of hydrogen-bond donors (Lipinski definition) is 2. The first kappa shape index (κ1) is 17.7. The number of rotatable bonds is 5. The predicted octanol–water partition coefficient (Wildman–Crippen LogP) is 3.66. The molecule has 2 aromatic carbocycles. The molecule has 27 heavy (non-hydrogen) atoms. The molecule has 0 atom stereocenters. The van der Waals surface area contributed by atoms with Crippen molar-refractivity contribution in [3.63, 3.8) is 0 Å². The van der Waals surface area contributed by atoms with Gasteiger partial charge in [-0.1, -0.05) is 18.2 Å². The van der Waals surface area contributed by atoms with E-state index in [-0.39, 0.29) is 17.3 Å². The van der Waals surface area contributed by atoms with Gasteiger partial charge in [0, 0.05) is 11.4 Å². The van der Waals surface area contributed by atoms with Crippen LogP contribution in [0, 0.1) is 15.3 Å². The van der Waals surface area contributed by atoms with Gasteiger partial charge in [-0.25, -0.2) is 4.79 Å². The monoisotopic (exact) mass is 366 g/mol. The number of nitro groups is 1. The van der Waals surface area contributed by atoms with Gasteiger partial charge in [0.2, 0.25) is 0 Å². The number of aromatic nitrogens is 1. The number of pyridine rings is 1. The Morgan fingerprint density at radius 3 is 2.22 bits per heavy atom. The first-order chi connectivity index (χ1) is 13.0. The molecule has 3 rings (SSSR count). The summed E-state index contributed by atoms with van der Waals surface area (Å²) < 4.78 is 5.75. The maximum Gasteiger partial charge on any atom is 0.391 e. The van der Waals surface area contributed by atoms with E-state index in [1.54, 1.807) is 36.4 Å². The number of benzene rings is 2. The van der Waals surface area contributed by atoms with Crippen LogP contribution >= 0.6 is 0 Å². The zero-order chi connectivity index (χ0) is 19.2. The molecule has 0 fully saturated rings. The van der Waals surface area contributed by atoms with Gasteiger partial charge in [0.1, 0.15) is 11.8 Å². The average Bonchev–Trinajstić information content (AvgIpc) is 2.65. The maximum absolute atomic E-state index is 11.9. The van der Waals surface area contributed by atoms with Crippen molar-refractivity contribution in [3.8, 4) is 11.6 Å². The molecule has 0 aliphatic carbocycles. The maximum atomic E-state index is 11.9. The molecule has 0 aliphatic rings. The Labute approximate surface area is 153 Å². The van der Waals surface area contributed by atoms with Crippen LogP contribution in [-0.2, 0) is 0 Å². The highest BCUT2D eigenvalue weighted by molar-refractivity contribution is 5.99. The van der Waals surface area contributed by atoms with Gasteiger partial charge in [-0.2, -0.15) is 0 Å². The lowest BCUT2D eigenvalue weighted by atomic mass is 10.3. The van der Waals surface area contributed by atoms with E-state index < -0.39 is 11.0 Å². The van der Waals surface area contributed by atoms with Gasteiger partial charge in [0.25, 0.3) is 5.69 Å². The fourth-order valence-corrected chi connectivity index (χ4v) is 2.19. The van der Waals surface area contributed by atoms with Crippen LogP contribution in [0.4, 0.5) is 21.9 Å². The van der Waals surface area contributed by atoms with Gasteiger partial charge < -0.3 is 20.6 Å². The molecule has 0 bridgehead atoms. The summed E-state index contributed by atoms with van der Waals surface area (Å²) in [5, 5.41) is 27.8. The molecular formula is C18H14N4O5. The van der Waals surface area contributed by atoms with E-state index in [1.807, 2.05) is 6.07 Å². The van der Waals surface area contributed by atoms with Crippen molar-refractivity contribution in [2.45, 2.75) is 0 Å². The lowest BCUT2D eigenvalue weighted by Gasteiger charge is -2.09. The Morgan fingerprint density at radius 1 is 0.963 bits per heavy atom. The number of carbonyl (C=O) groups excluding carboxylic acids is 1. The van der Waals surface area contributed by atoms with Crippen molar-refractivity contribution in [1.82, 2.24) is 0 Å². The molecule has 9 nitrogen and oxygen atoms in total. The van der Waals surface area contributed by atoms with Gasteiger partial charge in [-0.15, -0.1) is 4.73 Å². The Bertz CT molecular complexity index is 961. The molecule has 9 heteroatoms. The fourth-order valence-electron chi connectivity index (χ4n) is 2.19. The highest BCUT2D eigenvalue weighted by atomic mass is 16.6. The number of nitrogens with zero attached hydrogens (tertiary/aromatic N) is 2. The minimum Gasteiger partial charge on any atom is -0.616 e. The summed E-state index contributed by atoms with van der Waals surface area (Å²) >= 11 is 0. The van der Waals surface area contributed by atoms with Gasteiger partial charge in [-0.05, 0) is 36.4 Å². The standard InChI is InChI=1S/C18H14N4O5/c23-18(19-13-4-2-1-3-5-13)20-14-6-8-16(9-7-14)27-17-12-15(22(25)26)10-11-21(17)24/h1-12H,(H2,19,20,23). The number of urea groups is 1. The molecule has 0 saturated heterocycles. The molecule has 0 unspecified atom stereocenters. The fraction of sp³-hybridized carbons (Fsp3) is 0. The van der Waals surface area contributed by atoms with Crippen LogP contribution in [0.15, 0.2) is 72.9 Å². The minimum absolute atomic E-state index is 0.230. The summed E-state index contributed by atoms with van der Waals surface area (Å²) in [5.74, 6) is 0.0563. The van der Waals surface area contributed by atoms with Gasteiger partial charge in [0.05, 0.1) is 11.0 Å². The third kappa shape index (κ3) is 4.69. The zero-order valence-corrected chi connectivity index (χ0v) is 13.9. The zero-order valence-electron chi connectivity index (χ0n) is 13.9. The highest BCUT2D eigenvalue weighted by Crippen LogP contribution is 2.23. The molecule has 1 heterocycles. The topological polar surface area (TPSA) is 120 Å². The summed E-state index contributed by atoms with van der Waals surface area (Å²) in [6, 6.07) is 16.9. The Morgan fingerprint density at radius 2 is 1.59 bits per heavy atom. The predicted molar refractivity (Wildman–Crippen MR) is 97.7 cm³/mol. The van der Waals surface area contributed by atoms with Crippen LogP contribution in [0.1, 0.15) is 0 Å². The molecule has 136 valence electrons. The van der Waals surface area contributed by atoms with E-state index in [4.69, 9.17) is 4.74 Å². The van der Waals surface area contributed by atoms with Crippen molar-refractivity contribution in [2.24, 2.45) is 0 Å². The normalized spacial score (nSPS) is 10.1. The Kier molecular flexibility index (Phi) is 5.12. The van der Waals surface area contributed by atoms with Crippen molar-refractivity contribution in [1.29, 1.82) is 0 Å². The number of ether oxygens (including phenoxy) is 1. The van der Waals surface area contributed by atoms with Crippen LogP contribution in [-0.4, -0.2) is 11.0 Å². The first-order valence-electron chi connectivity index (χ1n) is 7.80. The number of amides is 2. The molecule has 1 aromatic heterocycles. The summed E-state index contributed by atoms with van der Waals surface area (Å²) in [5.41, 5.74) is 0.901. The van der Waals surface area contributed by atoms with Gasteiger partial charge >= 0.3 is 11.9 Å². The molecular weight excluding hydrogens is 352 g/mol. The van der Waals surface area contributed by atoms with E-state index >= 15 is 0 Å². The van der Waals surface area contributed by atoms with E-state index in [9.17, 15) is 20.1 Å². The molecule has 0 saturated carbocycles. The number of anilines is 2. The molecule has 0 aliphatic heterocycles. The molecule has 0 radical (unpaired) electrons. The third-order valence-corrected chi connectivity index (χ3v) is 3.45. The van der Waals surface area contributed by atoms with Crippen molar-refractivity contribution in [2.75, 3.05) is 10.6 Å². The van der Waals surface area contributed by atoms with Gasteiger partial charge in [0.15, 0.2) is 6.20 Å². The van der Waals surface area contributed by atoms with Gasteiger partial charge in [-0.3, -0.25) is 10.1 Å². The quantitative estimate of drug-likeness (QED) is 0.309. The third-order valence-electron chi connectivity index (χ3n) is 3.45. The summed E-state index contributed by atoms with van der Waals surface area (Å²) in [6.45, 7) is 0. The van der Waals surface area contributed by atoms with Crippen molar-refractivity contribution >= 4 is 23.1 Å². The summed E-state index contributed by atoms with van der Waals surface area (Å²) in [6.07, 6.45) is 0.997. The highest BCUT2D eigenvalue weighted by Gasteiger charge is 2.16. The van der Waals surface area contributed by atoms with Crippen LogP contribution in [0.25, 0.3) is 0 Å². The summed E-state index contributed by atoms with van der Waals surface area (Å²) in [7, 11) is 0. The smallest absolute Gasteiger partial charge is 0.391 e. The van der Waals surface area contributed by atoms with Crippen molar-refractivity contribution < 1.29 is 19.2 Å². The largest absolute Gasteiger partial charge is 0.616 e. The number of carbonyl (C=O) groups is 1. The molecule has 0 spiro atoms. The van der Waals surface area contributed by atoms with Crippen LogP contribution in [0.3, 0.4) is 0 Å². The van der Waals surface area contributed by atoms with Crippen LogP contribution in [0.2, 0.25) is 0 Å². The second kappa shape index (κ2) is 7.83. The second-order valence-electron chi connectivity index (χ2n) is 5.38. The second-order valence-corrected chi connectivity index (χ2v) is 5.38. The first-order valence-corrected chi connectivity index (χ1v) is 7.80. The molecule has 2 N–H and O–H groups in total. The summed E-state index contributed by atoms with van der Waals surface area (Å²) in [4.78, 5) is 22.1. The van der Waals surface area contributed by atoms with E-state index in [2.05, 4.69) is 10.6 Å². The minimum atomic E-state index is -0.620. The Hall–Kier alpha value is -4.14. The van der Waals surface area contributed by atoms with E-state index in [1.165, 1.54) is 12.1 Å². The van der Waals surface area contributed by atoms with Crippen LogP contribution < -0.4 is 20.1 Å².